The van der Waals surface area contributed by atoms with Gasteiger partial charge in [-0.05, 0) is 44.0 Å². The third kappa shape index (κ3) is 3.25. The van der Waals surface area contributed by atoms with Crippen molar-refractivity contribution in [3.05, 3.63) is 47.8 Å². The number of aromatic nitrogens is 2. The number of aryl methyl sites for hydroxylation is 1. The molecule has 0 bridgehead atoms. The number of amides is 1. The second-order valence-electron chi connectivity index (χ2n) is 6.03. The summed E-state index contributed by atoms with van der Waals surface area (Å²) in [4.78, 5) is 14.7. The molecule has 0 spiro atoms. The molecule has 6 heteroatoms. The molecule has 1 saturated heterocycles. The van der Waals surface area contributed by atoms with Crippen LogP contribution in [0.15, 0.2) is 36.7 Å². The fourth-order valence-electron chi connectivity index (χ4n) is 3.09. The van der Waals surface area contributed by atoms with Crippen LogP contribution in [0.3, 0.4) is 0 Å². The molecule has 2 atom stereocenters. The van der Waals surface area contributed by atoms with E-state index in [1.807, 2.05) is 24.3 Å². The minimum atomic E-state index is -0.574. The van der Waals surface area contributed by atoms with Gasteiger partial charge in [-0.15, -0.1) is 0 Å². The molecule has 0 saturated carbocycles. The van der Waals surface area contributed by atoms with Gasteiger partial charge in [-0.1, -0.05) is 0 Å². The number of rotatable bonds is 4. The molecule has 1 aliphatic rings. The number of carbonyl (C=O) groups is 1. The highest BCUT2D eigenvalue weighted by Crippen LogP contribution is 2.32. The molecule has 0 N–H and O–H groups in total. The van der Waals surface area contributed by atoms with E-state index in [0.29, 0.717) is 11.3 Å². The van der Waals surface area contributed by atoms with Gasteiger partial charge in [0.2, 0.25) is 0 Å². The number of hydrogen-bond donors (Lipinski definition) is 0. The van der Waals surface area contributed by atoms with Crippen LogP contribution in [0.1, 0.15) is 36.9 Å². The van der Waals surface area contributed by atoms with E-state index in [9.17, 15) is 4.79 Å². The lowest BCUT2D eigenvalue weighted by atomic mass is 10.1. The lowest BCUT2D eigenvalue weighted by molar-refractivity contribution is -0.138. The fraction of sp³-hybridized carbons (Fsp3) is 0.389. The van der Waals surface area contributed by atoms with Crippen LogP contribution in [0.25, 0.3) is 0 Å². The van der Waals surface area contributed by atoms with E-state index >= 15 is 0 Å². The van der Waals surface area contributed by atoms with Gasteiger partial charge >= 0.3 is 0 Å². The molecule has 124 valence electrons. The first-order valence-electron chi connectivity index (χ1n) is 8.04. The van der Waals surface area contributed by atoms with Gasteiger partial charge in [0, 0.05) is 25.4 Å². The molecule has 1 aromatic carbocycles. The number of carbonyl (C=O) groups excluding carboxylic acids is 1. The summed E-state index contributed by atoms with van der Waals surface area (Å²) in [6.07, 6.45) is 5.14. The topological polar surface area (TPSA) is 71.2 Å². The largest absolute Gasteiger partial charge is 0.481 e. The summed E-state index contributed by atoms with van der Waals surface area (Å²) >= 11 is 0. The van der Waals surface area contributed by atoms with Crippen LogP contribution in [-0.2, 0) is 11.8 Å². The zero-order valence-corrected chi connectivity index (χ0v) is 13.8. The third-order valence-electron chi connectivity index (χ3n) is 4.29. The van der Waals surface area contributed by atoms with Crippen LogP contribution >= 0.6 is 0 Å². The Morgan fingerprint density at radius 2 is 2.17 bits per heavy atom. The van der Waals surface area contributed by atoms with E-state index in [0.717, 1.165) is 24.9 Å². The molecular weight excluding hydrogens is 304 g/mol. The van der Waals surface area contributed by atoms with Crippen molar-refractivity contribution in [1.82, 2.24) is 14.7 Å². The van der Waals surface area contributed by atoms with Crippen LogP contribution in [-0.4, -0.2) is 33.2 Å². The molecule has 1 aliphatic heterocycles. The average Bonchev–Trinajstić information content (AvgIpc) is 3.23. The zero-order valence-electron chi connectivity index (χ0n) is 13.8. The first-order valence-corrected chi connectivity index (χ1v) is 8.04. The van der Waals surface area contributed by atoms with Crippen LogP contribution in [0.2, 0.25) is 0 Å². The maximum Gasteiger partial charge on any atom is 0.263 e. The maximum absolute atomic E-state index is 12.8. The second kappa shape index (κ2) is 6.75. The minimum absolute atomic E-state index is 0.0225. The van der Waals surface area contributed by atoms with Gasteiger partial charge in [-0.3, -0.25) is 9.48 Å². The molecule has 1 fully saturated rings. The SMILES string of the molecule is C[C@@H](Oc1ccc(C#N)cc1)C(=O)N1CCC[C@@H]1c1cnn(C)c1. The molecule has 3 rings (SSSR count). The van der Waals surface area contributed by atoms with Gasteiger partial charge in [0.25, 0.3) is 5.91 Å². The molecule has 1 aromatic heterocycles. The monoisotopic (exact) mass is 324 g/mol. The quantitative estimate of drug-likeness (QED) is 0.866. The summed E-state index contributed by atoms with van der Waals surface area (Å²) in [5.74, 6) is 0.567. The number of nitriles is 1. The normalized spacial score (nSPS) is 18.2. The average molecular weight is 324 g/mol. The Kier molecular flexibility index (Phi) is 4.52. The first-order chi connectivity index (χ1) is 11.6. The molecule has 0 unspecified atom stereocenters. The van der Waals surface area contributed by atoms with E-state index < -0.39 is 6.10 Å². The van der Waals surface area contributed by atoms with E-state index in [2.05, 4.69) is 11.2 Å². The van der Waals surface area contributed by atoms with E-state index in [1.54, 1.807) is 35.9 Å². The fourth-order valence-corrected chi connectivity index (χ4v) is 3.09. The molecule has 24 heavy (non-hydrogen) atoms. The van der Waals surface area contributed by atoms with Crippen molar-refractivity contribution in [2.24, 2.45) is 7.05 Å². The van der Waals surface area contributed by atoms with Gasteiger partial charge in [0.05, 0.1) is 23.9 Å². The Balaban J connectivity index is 1.69. The molecule has 2 aromatic rings. The highest BCUT2D eigenvalue weighted by molar-refractivity contribution is 5.81. The number of nitrogens with zero attached hydrogens (tertiary/aromatic N) is 4. The smallest absolute Gasteiger partial charge is 0.263 e. The van der Waals surface area contributed by atoms with Gasteiger partial charge < -0.3 is 9.64 Å². The summed E-state index contributed by atoms with van der Waals surface area (Å²) in [6.45, 7) is 2.50. The summed E-state index contributed by atoms with van der Waals surface area (Å²) < 4.78 is 7.51. The maximum atomic E-state index is 12.8. The second-order valence-corrected chi connectivity index (χ2v) is 6.03. The number of ether oxygens (including phenoxy) is 1. The van der Waals surface area contributed by atoms with Crippen LogP contribution in [0.4, 0.5) is 0 Å². The summed E-state index contributed by atoms with van der Waals surface area (Å²) in [5, 5.41) is 13.0. The predicted molar refractivity (Wildman–Crippen MR) is 88.1 cm³/mol. The van der Waals surface area contributed by atoms with Crippen molar-refractivity contribution in [2.45, 2.75) is 31.9 Å². The van der Waals surface area contributed by atoms with Crippen molar-refractivity contribution in [2.75, 3.05) is 6.54 Å². The molecule has 6 nitrogen and oxygen atoms in total. The van der Waals surface area contributed by atoms with Crippen molar-refractivity contribution < 1.29 is 9.53 Å². The lowest BCUT2D eigenvalue weighted by Gasteiger charge is -2.27. The van der Waals surface area contributed by atoms with Gasteiger partial charge in [0.1, 0.15) is 5.75 Å². The molecule has 2 heterocycles. The van der Waals surface area contributed by atoms with Gasteiger partial charge in [-0.2, -0.15) is 10.4 Å². The Hall–Kier alpha value is -2.81. The van der Waals surface area contributed by atoms with Crippen molar-refractivity contribution >= 4 is 5.91 Å². The summed E-state index contributed by atoms with van der Waals surface area (Å²) in [7, 11) is 1.88. The third-order valence-corrected chi connectivity index (χ3v) is 4.29. The van der Waals surface area contributed by atoms with E-state index in [4.69, 9.17) is 10.00 Å². The summed E-state index contributed by atoms with van der Waals surface area (Å²) in [6, 6.07) is 8.92. The predicted octanol–water partition coefficient (Wildman–Crippen LogP) is 2.42. The van der Waals surface area contributed by atoms with Crippen molar-refractivity contribution in [3.63, 3.8) is 0 Å². The Morgan fingerprint density at radius 1 is 1.42 bits per heavy atom. The number of hydrogen-bond acceptors (Lipinski definition) is 4. The lowest BCUT2D eigenvalue weighted by Crippen LogP contribution is -2.40. The van der Waals surface area contributed by atoms with Crippen molar-refractivity contribution in [3.8, 4) is 11.8 Å². The summed E-state index contributed by atoms with van der Waals surface area (Å²) in [5.41, 5.74) is 1.63. The molecule has 0 radical (unpaired) electrons. The Labute approximate surface area is 141 Å². The minimum Gasteiger partial charge on any atom is -0.481 e. The van der Waals surface area contributed by atoms with Crippen LogP contribution < -0.4 is 4.74 Å². The van der Waals surface area contributed by atoms with E-state index in [1.165, 1.54) is 0 Å². The highest BCUT2D eigenvalue weighted by atomic mass is 16.5. The zero-order chi connectivity index (χ0) is 17.1. The van der Waals surface area contributed by atoms with Crippen molar-refractivity contribution in [1.29, 1.82) is 5.26 Å². The number of benzene rings is 1. The van der Waals surface area contributed by atoms with Crippen LogP contribution in [0.5, 0.6) is 5.75 Å². The highest BCUT2D eigenvalue weighted by Gasteiger charge is 2.33. The first kappa shape index (κ1) is 16.1. The van der Waals surface area contributed by atoms with Gasteiger partial charge in [0.15, 0.2) is 6.10 Å². The number of likely N-dealkylation sites (tertiary alicyclic amines) is 1. The molecular formula is C18H20N4O2. The molecule has 0 aliphatic carbocycles. The Morgan fingerprint density at radius 3 is 2.79 bits per heavy atom. The Bertz CT molecular complexity index is 760. The van der Waals surface area contributed by atoms with Crippen LogP contribution in [0, 0.1) is 11.3 Å². The van der Waals surface area contributed by atoms with E-state index in [-0.39, 0.29) is 11.9 Å². The van der Waals surface area contributed by atoms with Gasteiger partial charge in [-0.25, -0.2) is 0 Å². The standard InChI is InChI=1S/C18H20N4O2/c1-13(24-16-7-5-14(10-19)6-8-16)18(23)22-9-3-4-17(22)15-11-20-21(2)12-15/h5-8,11-13,17H,3-4,9H2,1-2H3/t13-,17-/m1/s1. The molecule has 1 amide bonds.